The van der Waals surface area contributed by atoms with Crippen LogP contribution in [-0.4, -0.2) is 6.29 Å². The van der Waals surface area contributed by atoms with Crippen molar-refractivity contribution in [1.29, 1.82) is 0 Å². The van der Waals surface area contributed by atoms with Crippen molar-refractivity contribution in [2.45, 2.75) is 6.42 Å². The highest BCUT2D eigenvalue weighted by Gasteiger charge is 2.09. The lowest BCUT2D eigenvalue weighted by Crippen LogP contribution is -1.88. The van der Waals surface area contributed by atoms with Gasteiger partial charge in [0.1, 0.15) is 0 Å². The molecule has 0 N–H and O–H groups in total. The van der Waals surface area contributed by atoms with E-state index in [9.17, 15) is 4.79 Å². The summed E-state index contributed by atoms with van der Waals surface area (Å²) in [5.74, 6) is 0. The topological polar surface area (TPSA) is 17.1 Å². The normalized spacial score (nSPS) is 13.1. The smallest absolute Gasteiger partial charge is 0.150 e. The van der Waals surface area contributed by atoms with Crippen LogP contribution in [0.25, 0.3) is 16.8 Å². The van der Waals surface area contributed by atoms with Crippen LogP contribution in [0.15, 0.2) is 36.4 Å². The van der Waals surface area contributed by atoms with Crippen molar-refractivity contribution in [3.63, 3.8) is 0 Å². The van der Waals surface area contributed by atoms with Gasteiger partial charge in [0.15, 0.2) is 6.29 Å². The second-order valence-electron chi connectivity index (χ2n) is 3.81. The summed E-state index contributed by atoms with van der Waals surface area (Å²) in [6, 6.07) is 10.0. The molecule has 1 aliphatic rings. The van der Waals surface area contributed by atoms with Gasteiger partial charge >= 0.3 is 0 Å². The van der Waals surface area contributed by atoms with E-state index in [2.05, 4.69) is 24.3 Å². The summed E-state index contributed by atoms with van der Waals surface area (Å²) in [4.78, 5) is 10.9. The van der Waals surface area contributed by atoms with Gasteiger partial charge in [0.2, 0.25) is 0 Å². The van der Waals surface area contributed by atoms with Gasteiger partial charge < -0.3 is 0 Å². The molecule has 3 rings (SSSR count). The first-order valence-corrected chi connectivity index (χ1v) is 5.06. The first kappa shape index (κ1) is 8.42. The molecule has 0 fully saturated rings. The van der Waals surface area contributed by atoms with Crippen molar-refractivity contribution < 1.29 is 4.79 Å². The van der Waals surface area contributed by atoms with Gasteiger partial charge in [-0.3, -0.25) is 4.79 Å². The minimum atomic E-state index is 0.774. The van der Waals surface area contributed by atoms with Crippen LogP contribution in [-0.2, 0) is 6.42 Å². The van der Waals surface area contributed by atoms with E-state index in [1.54, 1.807) is 0 Å². The lowest BCUT2D eigenvalue weighted by atomic mass is 9.98. The lowest BCUT2D eigenvalue weighted by Gasteiger charge is -2.06. The number of carbonyl (C=O) groups excluding carboxylic acids is 1. The molecule has 15 heavy (non-hydrogen) atoms. The van der Waals surface area contributed by atoms with Gasteiger partial charge in [-0.25, -0.2) is 0 Å². The van der Waals surface area contributed by atoms with E-state index in [0.29, 0.717) is 0 Å². The average Bonchev–Trinajstić information content (AvgIpc) is 2.76. The fourth-order valence-electron chi connectivity index (χ4n) is 2.23. The maximum atomic E-state index is 10.9. The molecule has 0 aromatic heterocycles. The Kier molecular flexibility index (Phi) is 1.72. The Labute approximate surface area is 88.0 Å². The van der Waals surface area contributed by atoms with Gasteiger partial charge in [-0.05, 0) is 28.3 Å². The third kappa shape index (κ3) is 1.13. The molecular formula is C14H10O. The van der Waals surface area contributed by atoms with E-state index in [-0.39, 0.29) is 0 Å². The first-order valence-electron chi connectivity index (χ1n) is 5.06. The Morgan fingerprint density at radius 2 is 2.00 bits per heavy atom. The summed E-state index contributed by atoms with van der Waals surface area (Å²) in [5.41, 5.74) is 3.40. The van der Waals surface area contributed by atoms with E-state index < -0.39 is 0 Å². The summed E-state index contributed by atoms with van der Waals surface area (Å²) in [7, 11) is 0. The molecule has 1 heteroatoms. The number of hydrogen-bond donors (Lipinski definition) is 0. The predicted octanol–water partition coefficient (Wildman–Crippen LogP) is 3.22. The minimum Gasteiger partial charge on any atom is -0.298 e. The largest absolute Gasteiger partial charge is 0.298 e. The Bertz CT molecular complexity index is 579. The summed E-state index contributed by atoms with van der Waals surface area (Å²) in [6.45, 7) is 0. The molecule has 0 spiro atoms. The van der Waals surface area contributed by atoms with Crippen LogP contribution >= 0.6 is 0 Å². The predicted molar refractivity (Wildman–Crippen MR) is 62.1 cm³/mol. The van der Waals surface area contributed by atoms with E-state index >= 15 is 0 Å². The molecule has 1 aliphatic carbocycles. The maximum Gasteiger partial charge on any atom is 0.150 e. The van der Waals surface area contributed by atoms with E-state index in [1.165, 1.54) is 16.5 Å². The van der Waals surface area contributed by atoms with Gasteiger partial charge in [0, 0.05) is 5.56 Å². The van der Waals surface area contributed by atoms with Crippen LogP contribution in [0, 0.1) is 0 Å². The molecule has 0 atom stereocenters. The summed E-state index contributed by atoms with van der Waals surface area (Å²) >= 11 is 0. The highest BCUT2D eigenvalue weighted by molar-refractivity contribution is 6.02. The van der Waals surface area contributed by atoms with Gasteiger partial charge in [0.25, 0.3) is 0 Å². The van der Waals surface area contributed by atoms with E-state index in [4.69, 9.17) is 0 Å². The van der Waals surface area contributed by atoms with Gasteiger partial charge in [-0.2, -0.15) is 0 Å². The minimum absolute atomic E-state index is 0.774. The molecule has 0 bridgehead atoms. The van der Waals surface area contributed by atoms with Crippen LogP contribution in [0.5, 0.6) is 0 Å². The molecule has 0 amide bonds. The molecule has 0 saturated carbocycles. The SMILES string of the molecule is O=Cc1cccc2c3c(ccc12)CC=C3. The fourth-order valence-corrected chi connectivity index (χ4v) is 2.23. The van der Waals surface area contributed by atoms with Crippen LogP contribution in [0.1, 0.15) is 21.5 Å². The second kappa shape index (κ2) is 3.06. The second-order valence-corrected chi connectivity index (χ2v) is 3.81. The highest BCUT2D eigenvalue weighted by Crippen LogP contribution is 2.29. The molecule has 0 heterocycles. The zero-order valence-electron chi connectivity index (χ0n) is 8.23. The lowest BCUT2D eigenvalue weighted by molar-refractivity contribution is 0.112. The molecule has 0 saturated heterocycles. The molecule has 2 aromatic rings. The molecule has 1 nitrogen and oxygen atoms in total. The number of fused-ring (bicyclic) bond motifs is 3. The molecule has 2 aromatic carbocycles. The number of rotatable bonds is 1. The average molecular weight is 194 g/mol. The van der Waals surface area contributed by atoms with Crippen molar-refractivity contribution in [2.24, 2.45) is 0 Å². The number of carbonyl (C=O) groups is 1. The monoisotopic (exact) mass is 194 g/mol. The van der Waals surface area contributed by atoms with Crippen molar-refractivity contribution in [1.82, 2.24) is 0 Å². The fraction of sp³-hybridized carbons (Fsp3) is 0.0714. The van der Waals surface area contributed by atoms with E-state index in [1.807, 2.05) is 18.2 Å². The Morgan fingerprint density at radius 3 is 2.87 bits per heavy atom. The first-order chi connectivity index (χ1) is 7.40. The van der Waals surface area contributed by atoms with Crippen LogP contribution in [0.3, 0.4) is 0 Å². The maximum absolute atomic E-state index is 10.9. The van der Waals surface area contributed by atoms with Gasteiger partial charge in [-0.15, -0.1) is 0 Å². The van der Waals surface area contributed by atoms with Gasteiger partial charge in [0.05, 0.1) is 0 Å². The highest BCUT2D eigenvalue weighted by atomic mass is 16.1. The van der Waals surface area contributed by atoms with Crippen molar-refractivity contribution in [3.8, 4) is 0 Å². The standard InChI is InChI=1S/C14H10O/c15-9-11-4-2-6-14-12-5-1-3-10(12)7-8-13(11)14/h1-2,4-9H,3H2. The van der Waals surface area contributed by atoms with Crippen molar-refractivity contribution >= 4 is 23.1 Å². The number of allylic oxidation sites excluding steroid dienone is 1. The van der Waals surface area contributed by atoms with Crippen molar-refractivity contribution in [3.05, 3.63) is 53.1 Å². The van der Waals surface area contributed by atoms with Crippen molar-refractivity contribution in [2.75, 3.05) is 0 Å². The molecule has 0 unspecified atom stereocenters. The zero-order valence-corrected chi connectivity index (χ0v) is 8.23. The van der Waals surface area contributed by atoms with Gasteiger partial charge in [-0.1, -0.05) is 42.5 Å². The Hall–Kier alpha value is -1.89. The molecular weight excluding hydrogens is 184 g/mol. The third-order valence-corrected chi connectivity index (χ3v) is 2.98. The van der Waals surface area contributed by atoms with Crippen LogP contribution in [0.4, 0.5) is 0 Å². The van der Waals surface area contributed by atoms with Crippen LogP contribution in [0.2, 0.25) is 0 Å². The Morgan fingerprint density at radius 1 is 1.07 bits per heavy atom. The summed E-state index contributed by atoms with van der Waals surface area (Å²) in [5, 5.41) is 2.24. The molecule has 0 radical (unpaired) electrons. The quantitative estimate of drug-likeness (QED) is 0.637. The number of benzene rings is 2. The summed E-state index contributed by atoms with van der Waals surface area (Å²) in [6.07, 6.45) is 6.24. The summed E-state index contributed by atoms with van der Waals surface area (Å²) < 4.78 is 0. The Balaban J connectivity index is 2.47. The molecule has 0 aliphatic heterocycles. The number of hydrogen-bond acceptors (Lipinski definition) is 1. The number of aldehydes is 1. The third-order valence-electron chi connectivity index (χ3n) is 2.98. The zero-order chi connectivity index (χ0) is 10.3. The van der Waals surface area contributed by atoms with Crippen LogP contribution < -0.4 is 0 Å². The molecule has 72 valence electrons. The van der Waals surface area contributed by atoms with E-state index in [0.717, 1.165) is 23.7 Å².